The van der Waals surface area contributed by atoms with Crippen LogP contribution in [0.2, 0.25) is 0 Å². The molecule has 4 nitrogen and oxygen atoms in total. The van der Waals surface area contributed by atoms with Gasteiger partial charge in [0, 0.05) is 47.7 Å². The summed E-state index contributed by atoms with van der Waals surface area (Å²) >= 11 is 3.51. The van der Waals surface area contributed by atoms with Gasteiger partial charge in [-0.1, -0.05) is 22.0 Å². The highest BCUT2D eigenvalue weighted by molar-refractivity contribution is 9.10. The Labute approximate surface area is 151 Å². The van der Waals surface area contributed by atoms with Gasteiger partial charge in [0.05, 0.1) is 5.56 Å². The smallest absolute Gasteiger partial charge is 0.255 e. The first kappa shape index (κ1) is 18.0. The summed E-state index contributed by atoms with van der Waals surface area (Å²) in [5.74, 6) is 0.135. The van der Waals surface area contributed by atoms with Crippen LogP contribution in [-0.4, -0.2) is 41.6 Å². The van der Waals surface area contributed by atoms with Crippen LogP contribution in [0.5, 0.6) is 0 Å². The highest BCUT2D eigenvalue weighted by atomic mass is 79.9. The van der Waals surface area contributed by atoms with Crippen molar-refractivity contribution in [2.75, 3.05) is 26.2 Å². The van der Waals surface area contributed by atoms with E-state index >= 15 is 0 Å². The van der Waals surface area contributed by atoms with Gasteiger partial charge in [0.1, 0.15) is 0 Å². The molecule has 23 heavy (non-hydrogen) atoms. The van der Waals surface area contributed by atoms with Crippen LogP contribution in [-0.2, 0) is 0 Å². The molecule has 1 aliphatic rings. The van der Waals surface area contributed by atoms with Crippen LogP contribution in [0.4, 0.5) is 0 Å². The Kier molecular flexibility index (Phi) is 5.89. The standard InChI is InChI=1S/C17H20BrN3O.ClH/c1-12-10-16(17(22)20-8-6-19-7-9-20)13(2)21(12)15-5-3-4-14(18)11-15;/h3-5,10-11,19H,6-9H2,1-2H3;1H. The summed E-state index contributed by atoms with van der Waals surface area (Å²) < 4.78 is 3.17. The van der Waals surface area contributed by atoms with Gasteiger partial charge < -0.3 is 14.8 Å². The van der Waals surface area contributed by atoms with Crippen molar-refractivity contribution < 1.29 is 4.79 Å². The molecular formula is C17H21BrClN3O. The van der Waals surface area contributed by atoms with Crippen molar-refractivity contribution in [3.8, 4) is 5.69 Å². The van der Waals surface area contributed by atoms with Crippen molar-refractivity contribution in [1.29, 1.82) is 0 Å². The van der Waals surface area contributed by atoms with Crippen molar-refractivity contribution in [2.24, 2.45) is 0 Å². The predicted octanol–water partition coefficient (Wildman–Crippen LogP) is 3.32. The van der Waals surface area contributed by atoms with Gasteiger partial charge >= 0.3 is 0 Å². The maximum Gasteiger partial charge on any atom is 0.255 e. The van der Waals surface area contributed by atoms with E-state index in [-0.39, 0.29) is 18.3 Å². The number of aryl methyl sites for hydroxylation is 1. The van der Waals surface area contributed by atoms with E-state index in [1.807, 2.05) is 36.9 Å². The number of hydrogen-bond acceptors (Lipinski definition) is 2. The topological polar surface area (TPSA) is 37.3 Å². The van der Waals surface area contributed by atoms with Crippen LogP contribution in [0.15, 0.2) is 34.8 Å². The summed E-state index contributed by atoms with van der Waals surface area (Å²) in [5.41, 5.74) is 3.95. The van der Waals surface area contributed by atoms with Crippen LogP contribution < -0.4 is 5.32 Å². The Morgan fingerprint density at radius 3 is 2.52 bits per heavy atom. The normalized spacial score (nSPS) is 14.5. The average Bonchev–Trinajstić information content (AvgIpc) is 2.82. The van der Waals surface area contributed by atoms with E-state index < -0.39 is 0 Å². The molecule has 0 radical (unpaired) electrons. The maximum absolute atomic E-state index is 12.8. The van der Waals surface area contributed by atoms with E-state index in [0.717, 1.165) is 53.3 Å². The molecule has 2 aromatic rings. The molecule has 2 heterocycles. The van der Waals surface area contributed by atoms with Gasteiger partial charge in [-0.05, 0) is 38.1 Å². The lowest BCUT2D eigenvalue weighted by Gasteiger charge is -2.27. The minimum absolute atomic E-state index is 0. The SMILES string of the molecule is Cc1cc(C(=O)N2CCNCC2)c(C)n1-c1cccc(Br)c1.Cl. The first-order valence-corrected chi connectivity index (χ1v) is 8.32. The van der Waals surface area contributed by atoms with Crippen LogP contribution in [0.1, 0.15) is 21.7 Å². The highest BCUT2D eigenvalue weighted by Crippen LogP contribution is 2.24. The van der Waals surface area contributed by atoms with Gasteiger partial charge in [-0.2, -0.15) is 0 Å². The largest absolute Gasteiger partial charge is 0.336 e. The van der Waals surface area contributed by atoms with Crippen LogP contribution in [0, 0.1) is 13.8 Å². The lowest BCUT2D eigenvalue weighted by atomic mass is 10.2. The Hall–Kier alpha value is -1.30. The number of aromatic nitrogens is 1. The fourth-order valence-electron chi connectivity index (χ4n) is 3.03. The molecule has 0 aliphatic carbocycles. The second-order valence-electron chi connectivity index (χ2n) is 5.64. The fourth-order valence-corrected chi connectivity index (χ4v) is 3.42. The summed E-state index contributed by atoms with van der Waals surface area (Å²) in [6, 6.07) is 10.1. The van der Waals surface area contributed by atoms with Gasteiger partial charge in [0.25, 0.3) is 5.91 Å². The Morgan fingerprint density at radius 2 is 1.87 bits per heavy atom. The first-order valence-electron chi connectivity index (χ1n) is 7.53. The summed E-state index contributed by atoms with van der Waals surface area (Å²) in [6.45, 7) is 7.36. The van der Waals surface area contributed by atoms with Crippen molar-refractivity contribution >= 4 is 34.2 Å². The van der Waals surface area contributed by atoms with E-state index in [1.165, 1.54) is 0 Å². The van der Waals surface area contributed by atoms with Crippen LogP contribution in [0.25, 0.3) is 5.69 Å². The van der Waals surface area contributed by atoms with Gasteiger partial charge in [-0.3, -0.25) is 4.79 Å². The molecule has 1 aromatic heterocycles. The van der Waals surface area contributed by atoms with E-state index in [0.29, 0.717) is 0 Å². The summed E-state index contributed by atoms with van der Waals surface area (Å²) in [4.78, 5) is 14.7. The minimum Gasteiger partial charge on any atom is -0.336 e. The average molecular weight is 399 g/mol. The highest BCUT2D eigenvalue weighted by Gasteiger charge is 2.22. The third-order valence-electron chi connectivity index (χ3n) is 4.13. The van der Waals surface area contributed by atoms with E-state index in [9.17, 15) is 4.79 Å². The summed E-state index contributed by atoms with van der Waals surface area (Å²) in [7, 11) is 0. The third kappa shape index (κ3) is 3.62. The molecule has 0 bridgehead atoms. The molecule has 1 amide bonds. The quantitative estimate of drug-likeness (QED) is 0.842. The van der Waals surface area contributed by atoms with Crippen LogP contribution in [0.3, 0.4) is 0 Å². The zero-order valence-corrected chi connectivity index (χ0v) is 15.7. The van der Waals surface area contributed by atoms with Crippen LogP contribution >= 0.6 is 28.3 Å². The molecule has 1 aliphatic heterocycles. The van der Waals surface area contributed by atoms with Crippen molar-refractivity contribution in [3.63, 3.8) is 0 Å². The van der Waals surface area contributed by atoms with E-state index in [4.69, 9.17) is 0 Å². The molecule has 0 saturated carbocycles. The summed E-state index contributed by atoms with van der Waals surface area (Å²) in [5, 5.41) is 3.28. The number of nitrogens with zero attached hydrogens (tertiary/aromatic N) is 2. The van der Waals surface area contributed by atoms with Gasteiger partial charge in [-0.15, -0.1) is 12.4 Å². The second-order valence-corrected chi connectivity index (χ2v) is 6.56. The number of benzene rings is 1. The molecule has 0 spiro atoms. The van der Waals surface area contributed by atoms with Crippen molar-refractivity contribution in [1.82, 2.24) is 14.8 Å². The fraction of sp³-hybridized carbons (Fsp3) is 0.353. The Morgan fingerprint density at radius 1 is 1.17 bits per heavy atom. The number of halogens is 2. The number of rotatable bonds is 2. The van der Waals surface area contributed by atoms with Gasteiger partial charge in [0.15, 0.2) is 0 Å². The molecule has 0 unspecified atom stereocenters. The summed E-state index contributed by atoms with van der Waals surface area (Å²) in [6.07, 6.45) is 0. The zero-order chi connectivity index (χ0) is 15.7. The maximum atomic E-state index is 12.8. The number of piperazine rings is 1. The van der Waals surface area contributed by atoms with Crippen molar-refractivity contribution in [2.45, 2.75) is 13.8 Å². The lowest BCUT2D eigenvalue weighted by molar-refractivity contribution is 0.0735. The second kappa shape index (κ2) is 7.51. The Bertz CT molecular complexity index is 708. The molecular weight excluding hydrogens is 378 g/mol. The molecule has 1 fully saturated rings. The molecule has 1 N–H and O–H groups in total. The van der Waals surface area contributed by atoms with E-state index in [1.54, 1.807) is 0 Å². The number of carbonyl (C=O) groups is 1. The van der Waals surface area contributed by atoms with Crippen molar-refractivity contribution in [3.05, 3.63) is 51.8 Å². The first-order chi connectivity index (χ1) is 10.6. The van der Waals surface area contributed by atoms with Gasteiger partial charge in [-0.25, -0.2) is 0 Å². The minimum atomic E-state index is 0. The number of hydrogen-bond donors (Lipinski definition) is 1. The Balaban J connectivity index is 0.00000192. The molecule has 124 valence electrons. The monoisotopic (exact) mass is 397 g/mol. The molecule has 1 saturated heterocycles. The molecule has 3 rings (SSSR count). The molecule has 6 heteroatoms. The lowest BCUT2D eigenvalue weighted by Crippen LogP contribution is -2.46. The third-order valence-corrected chi connectivity index (χ3v) is 4.63. The van der Waals surface area contributed by atoms with E-state index in [2.05, 4.69) is 37.9 Å². The predicted molar refractivity (Wildman–Crippen MR) is 99.0 cm³/mol. The molecule has 1 aromatic carbocycles. The number of nitrogens with one attached hydrogen (secondary N) is 1. The zero-order valence-electron chi connectivity index (χ0n) is 13.3. The molecule has 0 atom stereocenters. The number of carbonyl (C=O) groups excluding carboxylic acids is 1. The number of amides is 1. The van der Waals surface area contributed by atoms with Gasteiger partial charge in [0.2, 0.25) is 0 Å².